The molecular formula is C26H22O5. The molecule has 0 unspecified atom stereocenters. The number of benzene rings is 3. The molecule has 1 aliphatic carbocycles. The minimum absolute atomic E-state index is 0.233. The molecule has 156 valence electrons. The molecule has 1 aliphatic heterocycles. The summed E-state index contributed by atoms with van der Waals surface area (Å²) in [4.78, 5) is 40.5. The summed E-state index contributed by atoms with van der Waals surface area (Å²) < 4.78 is 10.8. The Balaban J connectivity index is 1.81. The molecule has 5 nitrogen and oxygen atoms in total. The number of methoxy groups -OCH3 is 1. The maximum atomic E-state index is 13.9. The van der Waals surface area contributed by atoms with E-state index in [2.05, 4.69) is 0 Å². The highest BCUT2D eigenvalue weighted by Crippen LogP contribution is 2.80. The number of aryl methyl sites for hydroxylation is 1. The first kappa shape index (κ1) is 19.5. The Morgan fingerprint density at radius 1 is 1.03 bits per heavy atom. The fourth-order valence-electron chi connectivity index (χ4n) is 5.60. The standard InChI is InChI=1S/C26H22O5/c1-4-25(22(27)17-11-9-15(2)10-12-17)21-20-18-8-6-5-7-16(18)13-14-19(20)31-24(29)26(21,25)23(28)30-3/h5-14,21H,4H2,1-3H3/t21-,25-,26+/m1/s1. The van der Waals surface area contributed by atoms with Crippen LogP contribution in [0.2, 0.25) is 0 Å². The zero-order chi connectivity index (χ0) is 22.0. The van der Waals surface area contributed by atoms with Crippen LogP contribution in [0.3, 0.4) is 0 Å². The van der Waals surface area contributed by atoms with Gasteiger partial charge in [0.05, 0.1) is 12.5 Å². The van der Waals surface area contributed by atoms with E-state index in [1.807, 2.05) is 56.3 Å². The van der Waals surface area contributed by atoms with E-state index in [0.29, 0.717) is 17.7 Å². The van der Waals surface area contributed by atoms with E-state index >= 15 is 0 Å². The molecule has 0 N–H and O–H groups in total. The van der Waals surface area contributed by atoms with Crippen LogP contribution in [-0.4, -0.2) is 24.8 Å². The van der Waals surface area contributed by atoms with Crippen LogP contribution in [0, 0.1) is 17.8 Å². The Labute approximate surface area is 180 Å². The Morgan fingerprint density at radius 2 is 1.74 bits per heavy atom. The molecule has 3 aromatic carbocycles. The van der Waals surface area contributed by atoms with Crippen molar-refractivity contribution in [1.82, 2.24) is 0 Å². The van der Waals surface area contributed by atoms with Gasteiger partial charge in [0.2, 0.25) is 0 Å². The summed E-state index contributed by atoms with van der Waals surface area (Å²) in [7, 11) is 1.25. The van der Waals surface area contributed by atoms with Gasteiger partial charge in [-0.2, -0.15) is 0 Å². The summed E-state index contributed by atoms with van der Waals surface area (Å²) in [5.74, 6) is -1.91. The second-order valence-electron chi connectivity index (χ2n) is 8.34. The Hall–Kier alpha value is -3.47. The number of ether oxygens (including phenoxy) is 2. The summed E-state index contributed by atoms with van der Waals surface area (Å²) in [6.07, 6.45) is 0.303. The van der Waals surface area contributed by atoms with Crippen LogP contribution >= 0.6 is 0 Å². The lowest BCUT2D eigenvalue weighted by Gasteiger charge is -2.23. The van der Waals surface area contributed by atoms with Crippen molar-refractivity contribution < 1.29 is 23.9 Å². The molecule has 1 fully saturated rings. The van der Waals surface area contributed by atoms with Crippen LogP contribution in [0.15, 0.2) is 60.7 Å². The molecule has 5 heteroatoms. The molecule has 0 spiro atoms. The molecule has 0 saturated heterocycles. The first-order chi connectivity index (χ1) is 14.9. The molecule has 1 heterocycles. The first-order valence-electron chi connectivity index (χ1n) is 10.4. The number of Topliss-reactive ketones (excluding diaryl/α,β-unsaturated/α-hetero) is 1. The van der Waals surface area contributed by atoms with Gasteiger partial charge in [0, 0.05) is 17.0 Å². The first-order valence-corrected chi connectivity index (χ1v) is 10.4. The molecule has 3 atom stereocenters. The highest BCUT2D eigenvalue weighted by molar-refractivity contribution is 6.21. The second kappa shape index (κ2) is 6.51. The van der Waals surface area contributed by atoms with E-state index < -0.39 is 28.7 Å². The van der Waals surface area contributed by atoms with Crippen molar-refractivity contribution in [3.63, 3.8) is 0 Å². The summed E-state index contributed by atoms with van der Waals surface area (Å²) >= 11 is 0. The van der Waals surface area contributed by atoms with Crippen molar-refractivity contribution in [3.05, 3.63) is 77.4 Å². The third kappa shape index (κ3) is 2.23. The van der Waals surface area contributed by atoms with Crippen molar-refractivity contribution in [3.8, 4) is 5.75 Å². The highest BCUT2D eigenvalue weighted by Gasteiger charge is 2.90. The number of fused-ring (bicyclic) bond motifs is 5. The Kier molecular flexibility index (Phi) is 4.09. The number of carbonyl (C=O) groups excluding carboxylic acids is 3. The van der Waals surface area contributed by atoms with E-state index in [4.69, 9.17) is 9.47 Å². The van der Waals surface area contributed by atoms with Gasteiger partial charge in [-0.15, -0.1) is 0 Å². The molecule has 0 amide bonds. The van der Waals surface area contributed by atoms with Crippen LogP contribution in [0.5, 0.6) is 5.75 Å². The van der Waals surface area contributed by atoms with Crippen LogP contribution in [0.1, 0.15) is 40.7 Å². The van der Waals surface area contributed by atoms with E-state index in [0.717, 1.165) is 21.9 Å². The summed E-state index contributed by atoms with van der Waals surface area (Å²) in [6, 6.07) is 18.6. The maximum absolute atomic E-state index is 13.9. The highest BCUT2D eigenvalue weighted by atomic mass is 16.6. The number of esters is 2. The van der Waals surface area contributed by atoms with E-state index in [1.54, 1.807) is 18.2 Å². The van der Waals surface area contributed by atoms with Crippen molar-refractivity contribution in [2.75, 3.05) is 7.11 Å². The van der Waals surface area contributed by atoms with Crippen molar-refractivity contribution in [2.45, 2.75) is 26.2 Å². The smallest absolute Gasteiger partial charge is 0.330 e. The van der Waals surface area contributed by atoms with Crippen LogP contribution < -0.4 is 4.74 Å². The molecule has 2 aliphatic rings. The third-order valence-corrected chi connectivity index (χ3v) is 7.07. The molecule has 5 rings (SSSR count). The average Bonchev–Trinajstić information content (AvgIpc) is 3.44. The average molecular weight is 414 g/mol. The largest absolute Gasteiger partial charge is 0.468 e. The lowest BCUT2D eigenvalue weighted by Crippen LogP contribution is -2.40. The zero-order valence-corrected chi connectivity index (χ0v) is 17.6. The minimum Gasteiger partial charge on any atom is -0.468 e. The number of ketones is 1. The zero-order valence-electron chi connectivity index (χ0n) is 17.6. The van der Waals surface area contributed by atoms with Crippen molar-refractivity contribution in [1.29, 1.82) is 0 Å². The Bertz CT molecular complexity index is 1260. The molecule has 31 heavy (non-hydrogen) atoms. The summed E-state index contributed by atoms with van der Waals surface area (Å²) in [6.45, 7) is 3.78. The summed E-state index contributed by atoms with van der Waals surface area (Å²) in [5, 5.41) is 1.83. The van der Waals surface area contributed by atoms with Crippen molar-refractivity contribution in [2.24, 2.45) is 10.8 Å². The number of hydrogen-bond acceptors (Lipinski definition) is 5. The summed E-state index contributed by atoms with van der Waals surface area (Å²) in [5.41, 5.74) is -0.726. The maximum Gasteiger partial charge on any atom is 0.330 e. The molecule has 0 aromatic heterocycles. The van der Waals surface area contributed by atoms with Gasteiger partial charge >= 0.3 is 11.9 Å². The SMILES string of the molecule is CC[C@]1(C(=O)c2ccc(C)cc2)[C@H]2c3c(ccc4ccccc34)OC(=O)[C@@]21C(=O)OC. The predicted octanol–water partition coefficient (Wildman–Crippen LogP) is 4.60. The molecule has 0 radical (unpaired) electrons. The van der Waals surface area contributed by atoms with Gasteiger partial charge in [-0.05, 0) is 30.2 Å². The lowest BCUT2D eigenvalue weighted by molar-refractivity contribution is -0.160. The fraction of sp³-hybridized carbons (Fsp3) is 0.269. The number of carbonyl (C=O) groups is 3. The third-order valence-electron chi connectivity index (χ3n) is 7.07. The van der Waals surface area contributed by atoms with Gasteiger partial charge in [0.1, 0.15) is 5.75 Å². The van der Waals surface area contributed by atoms with Gasteiger partial charge in [-0.3, -0.25) is 14.4 Å². The molecule has 0 bridgehead atoms. The molecule has 3 aromatic rings. The van der Waals surface area contributed by atoms with Crippen molar-refractivity contribution >= 4 is 28.5 Å². The fourth-order valence-corrected chi connectivity index (χ4v) is 5.60. The second-order valence-corrected chi connectivity index (χ2v) is 8.34. The normalized spacial score (nSPS) is 25.9. The van der Waals surface area contributed by atoms with E-state index in [1.165, 1.54) is 7.11 Å². The Morgan fingerprint density at radius 3 is 2.42 bits per heavy atom. The lowest BCUT2D eigenvalue weighted by atomic mass is 9.83. The topological polar surface area (TPSA) is 69.7 Å². The molecule has 1 saturated carbocycles. The van der Waals surface area contributed by atoms with Gasteiger partial charge in [0.15, 0.2) is 11.2 Å². The van der Waals surface area contributed by atoms with Crippen LogP contribution in [0.25, 0.3) is 10.8 Å². The quantitative estimate of drug-likeness (QED) is 0.270. The number of hydrogen-bond donors (Lipinski definition) is 0. The van der Waals surface area contributed by atoms with Gasteiger partial charge < -0.3 is 9.47 Å². The van der Waals surface area contributed by atoms with Gasteiger partial charge in [0.25, 0.3) is 0 Å². The van der Waals surface area contributed by atoms with Gasteiger partial charge in [-0.1, -0.05) is 67.1 Å². The van der Waals surface area contributed by atoms with Crippen LogP contribution in [0.4, 0.5) is 0 Å². The monoisotopic (exact) mass is 414 g/mol. The van der Waals surface area contributed by atoms with Gasteiger partial charge in [-0.25, -0.2) is 0 Å². The molecular weight excluding hydrogens is 392 g/mol. The number of rotatable bonds is 4. The minimum atomic E-state index is -1.68. The van der Waals surface area contributed by atoms with E-state index in [9.17, 15) is 14.4 Å². The predicted molar refractivity (Wildman–Crippen MR) is 115 cm³/mol. The van der Waals surface area contributed by atoms with E-state index in [-0.39, 0.29) is 5.78 Å². The van der Waals surface area contributed by atoms with Crippen LogP contribution in [-0.2, 0) is 14.3 Å².